The minimum Gasteiger partial charge on any atom is -0.317 e. The van der Waals surface area contributed by atoms with Crippen LogP contribution in [0.2, 0.25) is 0 Å². The topological polar surface area (TPSA) is 75.9 Å². The fourth-order valence-corrected chi connectivity index (χ4v) is 3.77. The molecule has 1 aliphatic rings. The fraction of sp³-hybridized carbons (Fsp3) is 0.333. The number of hydrogen-bond acceptors (Lipinski definition) is 4. The van der Waals surface area contributed by atoms with Crippen molar-refractivity contribution in [1.82, 2.24) is 24.6 Å². The standard InChI is InChI=1S/C21H24N6O/c1-26-15-18(20(25-26)17-8-12-23-13-9-17)24-21(28)27-14-4-2-3-5-19(27)16-6-10-22-11-7-16/h6-13,15,19H,2-5,14H2,1H3,(H,24,28)/t19-/m1/s1. The van der Waals surface area contributed by atoms with Gasteiger partial charge in [0.15, 0.2) is 0 Å². The highest BCUT2D eigenvalue weighted by Crippen LogP contribution is 2.31. The molecule has 7 nitrogen and oxygen atoms in total. The molecule has 0 spiro atoms. The molecule has 1 N–H and O–H groups in total. The van der Waals surface area contributed by atoms with Crippen molar-refractivity contribution < 1.29 is 4.79 Å². The van der Waals surface area contributed by atoms with Gasteiger partial charge in [0.05, 0.1) is 11.7 Å². The third-order valence-corrected chi connectivity index (χ3v) is 5.13. The average Bonchev–Trinajstić information content (AvgIpc) is 2.93. The third-order valence-electron chi connectivity index (χ3n) is 5.13. The molecule has 1 fully saturated rings. The van der Waals surface area contributed by atoms with E-state index in [0.717, 1.165) is 49.0 Å². The number of amides is 2. The number of aryl methyl sites for hydroxylation is 1. The molecule has 4 rings (SSSR count). The van der Waals surface area contributed by atoms with Gasteiger partial charge in [-0.15, -0.1) is 0 Å². The molecule has 0 aliphatic carbocycles. The van der Waals surface area contributed by atoms with Crippen LogP contribution in [0.4, 0.5) is 10.5 Å². The van der Waals surface area contributed by atoms with Gasteiger partial charge in [-0.1, -0.05) is 12.8 Å². The molecular formula is C21H24N6O. The maximum absolute atomic E-state index is 13.2. The zero-order chi connectivity index (χ0) is 19.3. The normalized spacial score (nSPS) is 17.2. The highest BCUT2D eigenvalue weighted by Gasteiger charge is 2.27. The van der Waals surface area contributed by atoms with Crippen LogP contribution in [0.25, 0.3) is 11.3 Å². The first kappa shape index (κ1) is 18.2. The zero-order valence-corrected chi connectivity index (χ0v) is 16.0. The van der Waals surface area contributed by atoms with E-state index in [0.29, 0.717) is 5.69 Å². The van der Waals surface area contributed by atoms with E-state index >= 15 is 0 Å². The monoisotopic (exact) mass is 376 g/mol. The number of nitrogens with zero attached hydrogens (tertiary/aromatic N) is 5. The number of carbonyl (C=O) groups is 1. The molecule has 1 aliphatic heterocycles. The Bertz CT molecular complexity index is 925. The van der Waals surface area contributed by atoms with Crippen molar-refractivity contribution in [1.29, 1.82) is 0 Å². The number of anilines is 1. The van der Waals surface area contributed by atoms with E-state index in [9.17, 15) is 4.79 Å². The Morgan fingerprint density at radius 1 is 1.04 bits per heavy atom. The van der Waals surface area contributed by atoms with E-state index < -0.39 is 0 Å². The van der Waals surface area contributed by atoms with Crippen LogP contribution >= 0.6 is 0 Å². The Labute approximate surface area is 164 Å². The van der Waals surface area contributed by atoms with E-state index in [4.69, 9.17) is 0 Å². The van der Waals surface area contributed by atoms with E-state index in [1.165, 1.54) is 0 Å². The first-order valence-electron chi connectivity index (χ1n) is 9.64. The molecule has 7 heteroatoms. The molecule has 1 atom stereocenters. The number of carbonyl (C=O) groups excluding carboxylic acids is 1. The Hall–Kier alpha value is -3.22. The van der Waals surface area contributed by atoms with Crippen LogP contribution in [0.15, 0.2) is 55.2 Å². The molecule has 4 heterocycles. The van der Waals surface area contributed by atoms with Crippen LogP contribution in [0.5, 0.6) is 0 Å². The van der Waals surface area contributed by atoms with Crippen LogP contribution in [-0.2, 0) is 7.05 Å². The van der Waals surface area contributed by atoms with Crippen LogP contribution in [0, 0.1) is 0 Å². The number of rotatable bonds is 3. The van der Waals surface area contributed by atoms with Crippen LogP contribution < -0.4 is 5.32 Å². The summed E-state index contributed by atoms with van der Waals surface area (Å²) < 4.78 is 1.72. The van der Waals surface area contributed by atoms with Gasteiger partial charge in [0.2, 0.25) is 0 Å². The second-order valence-corrected chi connectivity index (χ2v) is 7.07. The number of nitrogens with one attached hydrogen (secondary N) is 1. The molecule has 144 valence electrons. The summed E-state index contributed by atoms with van der Waals surface area (Å²) in [7, 11) is 1.85. The molecule has 0 aromatic carbocycles. The van der Waals surface area contributed by atoms with E-state index in [1.807, 2.05) is 42.4 Å². The Morgan fingerprint density at radius 2 is 1.75 bits per heavy atom. The summed E-state index contributed by atoms with van der Waals surface area (Å²) in [4.78, 5) is 23.4. The van der Waals surface area contributed by atoms with Gasteiger partial charge in [0, 0.05) is 50.1 Å². The number of urea groups is 1. The highest BCUT2D eigenvalue weighted by molar-refractivity contribution is 5.93. The van der Waals surface area contributed by atoms with Crippen LogP contribution in [0.3, 0.4) is 0 Å². The van der Waals surface area contributed by atoms with E-state index in [1.54, 1.807) is 29.5 Å². The number of pyridine rings is 2. The lowest BCUT2D eigenvalue weighted by atomic mass is 10.0. The van der Waals surface area contributed by atoms with Crippen molar-refractivity contribution in [3.05, 3.63) is 60.8 Å². The van der Waals surface area contributed by atoms with Crippen molar-refractivity contribution in [3.8, 4) is 11.3 Å². The summed E-state index contributed by atoms with van der Waals surface area (Å²) >= 11 is 0. The Balaban J connectivity index is 1.60. The SMILES string of the molecule is Cn1cc(NC(=O)N2CCCCC[C@@H]2c2ccncc2)c(-c2ccncc2)n1. The third kappa shape index (κ3) is 3.88. The summed E-state index contributed by atoms with van der Waals surface area (Å²) in [5, 5.41) is 7.62. The van der Waals surface area contributed by atoms with Crippen molar-refractivity contribution >= 4 is 11.7 Å². The van der Waals surface area contributed by atoms with E-state index in [2.05, 4.69) is 20.4 Å². The lowest BCUT2D eigenvalue weighted by molar-refractivity contribution is 0.189. The first-order valence-corrected chi connectivity index (χ1v) is 9.64. The van der Waals surface area contributed by atoms with Crippen molar-refractivity contribution in [2.45, 2.75) is 31.7 Å². The number of likely N-dealkylation sites (tertiary alicyclic amines) is 1. The quantitative estimate of drug-likeness (QED) is 0.749. The van der Waals surface area contributed by atoms with Crippen molar-refractivity contribution in [2.24, 2.45) is 7.05 Å². The fourth-order valence-electron chi connectivity index (χ4n) is 3.77. The molecule has 3 aromatic heterocycles. The van der Waals surface area contributed by atoms with Crippen molar-refractivity contribution in [2.75, 3.05) is 11.9 Å². The summed E-state index contributed by atoms with van der Waals surface area (Å²) in [6.45, 7) is 0.740. The molecule has 2 amide bonds. The van der Waals surface area contributed by atoms with Gasteiger partial charge in [-0.2, -0.15) is 5.10 Å². The summed E-state index contributed by atoms with van der Waals surface area (Å²) in [6, 6.07) is 7.76. The van der Waals surface area contributed by atoms with Gasteiger partial charge in [0.25, 0.3) is 0 Å². The molecule has 3 aromatic rings. The minimum absolute atomic E-state index is 0.0616. The lowest BCUT2D eigenvalue weighted by Crippen LogP contribution is -2.38. The maximum atomic E-state index is 13.2. The summed E-state index contributed by atoms with van der Waals surface area (Å²) in [5.41, 5.74) is 3.50. The molecule has 0 radical (unpaired) electrons. The summed E-state index contributed by atoms with van der Waals surface area (Å²) in [5.74, 6) is 0. The zero-order valence-electron chi connectivity index (χ0n) is 16.0. The second-order valence-electron chi connectivity index (χ2n) is 7.07. The van der Waals surface area contributed by atoms with Gasteiger partial charge in [-0.25, -0.2) is 4.79 Å². The summed E-state index contributed by atoms with van der Waals surface area (Å²) in [6.07, 6.45) is 13.1. The Morgan fingerprint density at radius 3 is 2.50 bits per heavy atom. The van der Waals surface area contributed by atoms with Gasteiger partial charge in [-0.05, 0) is 42.7 Å². The predicted molar refractivity (Wildman–Crippen MR) is 108 cm³/mol. The molecule has 0 saturated carbocycles. The van der Waals surface area contributed by atoms with E-state index in [-0.39, 0.29) is 12.1 Å². The predicted octanol–water partition coefficient (Wildman–Crippen LogP) is 4.03. The smallest absolute Gasteiger partial charge is 0.317 e. The van der Waals surface area contributed by atoms with Crippen LogP contribution in [-0.4, -0.2) is 37.2 Å². The number of aromatic nitrogens is 4. The van der Waals surface area contributed by atoms with Gasteiger partial charge < -0.3 is 10.2 Å². The second kappa shape index (κ2) is 8.21. The van der Waals surface area contributed by atoms with Crippen molar-refractivity contribution in [3.63, 3.8) is 0 Å². The number of hydrogen-bond donors (Lipinski definition) is 1. The van der Waals surface area contributed by atoms with Gasteiger partial charge in [-0.3, -0.25) is 14.6 Å². The average molecular weight is 376 g/mol. The lowest BCUT2D eigenvalue weighted by Gasteiger charge is -2.30. The maximum Gasteiger partial charge on any atom is 0.322 e. The Kier molecular flexibility index (Phi) is 5.32. The molecule has 0 unspecified atom stereocenters. The highest BCUT2D eigenvalue weighted by atomic mass is 16.2. The van der Waals surface area contributed by atoms with Gasteiger partial charge >= 0.3 is 6.03 Å². The molecule has 1 saturated heterocycles. The minimum atomic E-state index is -0.0907. The first-order chi connectivity index (χ1) is 13.7. The van der Waals surface area contributed by atoms with Crippen LogP contribution in [0.1, 0.15) is 37.3 Å². The molecule has 28 heavy (non-hydrogen) atoms. The van der Waals surface area contributed by atoms with Gasteiger partial charge in [0.1, 0.15) is 5.69 Å². The molecular weight excluding hydrogens is 352 g/mol. The molecule has 0 bridgehead atoms. The largest absolute Gasteiger partial charge is 0.322 e.